The molecule has 0 bridgehead atoms. The lowest BCUT2D eigenvalue weighted by atomic mass is 10.2. The molecule has 0 fully saturated rings. The zero-order valence-corrected chi connectivity index (χ0v) is 12.6. The molecule has 0 radical (unpaired) electrons. The molecule has 2 aromatic rings. The molecule has 0 aliphatic rings. The van der Waals surface area contributed by atoms with Crippen LogP contribution in [0.25, 0.3) is 0 Å². The van der Waals surface area contributed by atoms with E-state index in [0.717, 1.165) is 6.07 Å². The van der Waals surface area contributed by atoms with Crippen LogP contribution in [-0.2, 0) is 9.53 Å². The van der Waals surface area contributed by atoms with E-state index in [1.807, 2.05) is 0 Å². The molecule has 0 aromatic heterocycles. The van der Waals surface area contributed by atoms with Gasteiger partial charge in [0.2, 0.25) is 0 Å². The molecule has 0 saturated heterocycles. The highest BCUT2D eigenvalue weighted by Gasteiger charge is 2.15. The summed E-state index contributed by atoms with van der Waals surface area (Å²) in [5.74, 6) is -2.36. The van der Waals surface area contributed by atoms with Gasteiger partial charge in [-0.1, -0.05) is 35.3 Å². The lowest BCUT2D eigenvalue weighted by Gasteiger charge is -2.08. The first-order chi connectivity index (χ1) is 10.5. The van der Waals surface area contributed by atoms with Crippen molar-refractivity contribution >= 4 is 40.8 Å². The first kappa shape index (κ1) is 16.3. The Balaban J connectivity index is 1.93. The summed E-state index contributed by atoms with van der Waals surface area (Å²) in [6.45, 7) is -0.563. The van der Waals surface area contributed by atoms with Gasteiger partial charge in [0.1, 0.15) is 5.82 Å². The second-order valence-corrected chi connectivity index (χ2v) is 5.07. The molecule has 1 N–H and O–H groups in total. The maximum absolute atomic E-state index is 13.5. The quantitative estimate of drug-likeness (QED) is 0.857. The summed E-state index contributed by atoms with van der Waals surface area (Å²) >= 11 is 11.5. The fourth-order valence-corrected chi connectivity index (χ4v) is 1.95. The van der Waals surface area contributed by atoms with Crippen LogP contribution in [0, 0.1) is 5.82 Å². The number of hydrogen-bond acceptors (Lipinski definition) is 3. The molecule has 7 heteroatoms. The number of benzene rings is 2. The van der Waals surface area contributed by atoms with Gasteiger partial charge in [0.25, 0.3) is 5.91 Å². The van der Waals surface area contributed by atoms with E-state index in [9.17, 15) is 14.0 Å². The van der Waals surface area contributed by atoms with Crippen LogP contribution >= 0.6 is 23.2 Å². The molecule has 22 heavy (non-hydrogen) atoms. The SMILES string of the molecule is O=C(COC(=O)c1ccc(Cl)cc1F)Nc1ccccc1Cl. The molecular weight excluding hydrogens is 332 g/mol. The Kier molecular flexibility index (Phi) is 5.35. The van der Waals surface area contributed by atoms with Crippen LogP contribution in [0.5, 0.6) is 0 Å². The van der Waals surface area contributed by atoms with Gasteiger partial charge < -0.3 is 10.1 Å². The van der Waals surface area contributed by atoms with Crippen molar-refractivity contribution in [3.05, 3.63) is 63.9 Å². The van der Waals surface area contributed by atoms with Crippen molar-refractivity contribution in [3.8, 4) is 0 Å². The summed E-state index contributed by atoms with van der Waals surface area (Å²) in [7, 11) is 0. The van der Waals surface area contributed by atoms with E-state index in [4.69, 9.17) is 27.9 Å². The van der Waals surface area contributed by atoms with Crippen molar-refractivity contribution in [3.63, 3.8) is 0 Å². The monoisotopic (exact) mass is 341 g/mol. The van der Waals surface area contributed by atoms with E-state index in [-0.39, 0.29) is 10.6 Å². The first-order valence-corrected chi connectivity index (χ1v) is 6.89. The van der Waals surface area contributed by atoms with E-state index >= 15 is 0 Å². The minimum Gasteiger partial charge on any atom is -0.452 e. The molecule has 0 spiro atoms. The molecule has 0 atom stereocenters. The fourth-order valence-electron chi connectivity index (χ4n) is 1.61. The van der Waals surface area contributed by atoms with Gasteiger partial charge in [0.05, 0.1) is 16.3 Å². The van der Waals surface area contributed by atoms with Gasteiger partial charge in [0.15, 0.2) is 6.61 Å². The van der Waals surface area contributed by atoms with Crippen LogP contribution in [0.4, 0.5) is 10.1 Å². The van der Waals surface area contributed by atoms with Crippen LogP contribution in [-0.4, -0.2) is 18.5 Å². The number of para-hydroxylation sites is 1. The minimum absolute atomic E-state index is 0.158. The number of esters is 1. The summed E-state index contributed by atoms with van der Waals surface area (Å²) < 4.78 is 18.3. The topological polar surface area (TPSA) is 55.4 Å². The number of ether oxygens (including phenoxy) is 1. The van der Waals surface area contributed by atoms with Crippen molar-refractivity contribution in [2.24, 2.45) is 0 Å². The molecule has 2 aromatic carbocycles. The first-order valence-electron chi connectivity index (χ1n) is 6.14. The number of anilines is 1. The van der Waals surface area contributed by atoms with Crippen molar-refractivity contribution in [2.75, 3.05) is 11.9 Å². The highest BCUT2D eigenvalue weighted by molar-refractivity contribution is 6.33. The Bertz CT molecular complexity index is 722. The van der Waals surface area contributed by atoms with Gasteiger partial charge >= 0.3 is 5.97 Å². The highest BCUT2D eigenvalue weighted by atomic mass is 35.5. The number of carbonyl (C=O) groups excluding carboxylic acids is 2. The summed E-state index contributed by atoms with van der Waals surface area (Å²) in [5.41, 5.74) is 0.0952. The summed E-state index contributed by atoms with van der Waals surface area (Å²) in [4.78, 5) is 23.4. The largest absolute Gasteiger partial charge is 0.452 e. The van der Waals surface area contributed by atoms with Gasteiger partial charge in [-0.25, -0.2) is 9.18 Å². The molecule has 0 saturated carbocycles. The molecule has 1 amide bonds. The van der Waals surface area contributed by atoms with Crippen molar-refractivity contribution in [1.82, 2.24) is 0 Å². The maximum atomic E-state index is 13.5. The Labute approximate surface area is 135 Å². The highest BCUT2D eigenvalue weighted by Crippen LogP contribution is 2.20. The summed E-state index contributed by atoms with van der Waals surface area (Å²) in [6.07, 6.45) is 0. The number of amides is 1. The molecule has 114 valence electrons. The molecule has 0 aliphatic heterocycles. The number of nitrogens with one attached hydrogen (secondary N) is 1. The molecule has 0 aliphatic carbocycles. The van der Waals surface area contributed by atoms with E-state index < -0.39 is 24.3 Å². The summed E-state index contributed by atoms with van der Waals surface area (Å²) in [6, 6.07) is 10.1. The van der Waals surface area contributed by atoms with Gasteiger partial charge in [-0.15, -0.1) is 0 Å². The van der Waals surface area contributed by atoms with E-state index in [1.54, 1.807) is 24.3 Å². The van der Waals surface area contributed by atoms with Gasteiger partial charge in [-0.05, 0) is 30.3 Å². The van der Waals surface area contributed by atoms with Gasteiger partial charge in [0, 0.05) is 5.02 Å². The fraction of sp³-hybridized carbons (Fsp3) is 0.0667. The van der Waals surface area contributed by atoms with Crippen LogP contribution in [0.15, 0.2) is 42.5 Å². The molecule has 0 heterocycles. The Morgan fingerprint density at radius 1 is 1.14 bits per heavy atom. The van der Waals surface area contributed by atoms with Crippen LogP contribution in [0.2, 0.25) is 10.0 Å². The average Bonchev–Trinajstić information content (AvgIpc) is 2.47. The average molecular weight is 342 g/mol. The molecule has 2 rings (SSSR count). The number of carbonyl (C=O) groups is 2. The zero-order valence-electron chi connectivity index (χ0n) is 11.1. The number of hydrogen-bond donors (Lipinski definition) is 1. The lowest BCUT2D eigenvalue weighted by molar-refractivity contribution is -0.119. The van der Waals surface area contributed by atoms with Crippen molar-refractivity contribution in [1.29, 1.82) is 0 Å². The molecule has 4 nitrogen and oxygen atoms in total. The second-order valence-electron chi connectivity index (χ2n) is 4.23. The van der Waals surface area contributed by atoms with E-state index in [0.29, 0.717) is 10.7 Å². The number of rotatable bonds is 4. The molecule has 0 unspecified atom stereocenters. The minimum atomic E-state index is -0.955. The normalized spacial score (nSPS) is 10.1. The van der Waals surface area contributed by atoms with Crippen molar-refractivity contribution < 1.29 is 18.7 Å². The number of halogens is 3. The summed E-state index contributed by atoms with van der Waals surface area (Å²) in [5, 5.41) is 2.99. The maximum Gasteiger partial charge on any atom is 0.341 e. The van der Waals surface area contributed by atoms with E-state index in [2.05, 4.69) is 5.32 Å². The third-order valence-corrected chi connectivity index (χ3v) is 3.20. The predicted molar refractivity (Wildman–Crippen MR) is 81.8 cm³/mol. The zero-order chi connectivity index (χ0) is 16.1. The lowest BCUT2D eigenvalue weighted by Crippen LogP contribution is -2.21. The smallest absolute Gasteiger partial charge is 0.341 e. The molecular formula is C15H10Cl2FNO3. The third-order valence-electron chi connectivity index (χ3n) is 2.63. The Hall–Kier alpha value is -2.11. The van der Waals surface area contributed by atoms with Crippen molar-refractivity contribution in [2.45, 2.75) is 0 Å². The van der Waals surface area contributed by atoms with Crippen LogP contribution in [0.3, 0.4) is 0 Å². The van der Waals surface area contributed by atoms with Gasteiger partial charge in [-0.2, -0.15) is 0 Å². The standard InChI is InChI=1S/C15H10Cl2FNO3/c16-9-5-6-10(12(18)7-9)15(21)22-8-14(20)19-13-4-2-1-3-11(13)17/h1-7H,8H2,(H,19,20). The van der Waals surface area contributed by atoms with Crippen LogP contribution in [0.1, 0.15) is 10.4 Å². The second kappa shape index (κ2) is 7.24. The third kappa shape index (κ3) is 4.19. The Morgan fingerprint density at radius 2 is 1.86 bits per heavy atom. The predicted octanol–water partition coefficient (Wildman–Crippen LogP) is 3.93. The van der Waals surface area contributed by atoms with Crippen LogP contribution < -0.4 is 5.32 Å². The van der Waals surface area contributed by atoms with E-state index in [1.165, 1.54) is 12.1 Å². The Morgan fingerprint density at radius 3 is 2.55 bits per heavy atom. The van der Waals surface area contributed by atoms with Gasteiger partial charge in [-0.3, -0.25) is 4.79 Å².